The topological polar surface area (TPSA) is 15.3 Å². The fourth-order valence-electron chi connectivity index (χ4n) is 2.77. The fraction of sp³-hybridized carbons (Fsp3) is 0.625. The molecule has 1 saturated heterocycles. The molecule has 104 valence electrons. The molecule has 2 aliphatic rings. The lowest BCUT2D eigenvalue weighted by atomic mass is 10.1. The molecule has 1 aliphatic heterocycles. The standard InChI is InChI=1S/C16H24N2S/c1-12-9-14(10-17-15-4-5-15)3-6-16(12)18-7-8-19-13(2)11-18/h3,6,9,13,15,17H,4-5,7-8,10-11H2,1-2H3. The summed E-state index contributed by atoms with van der Waals surface area (Å²) in [6.07, 6.45) is 2.72. The van der Waals surface area contributed by atoms with Gasteiger partial charge in [-0.3, -0.25) is 0 Å². The van der Waals surface area contributed by atoms with E-state index in [0.29, 0.717) is 0 Å². The van der Waals surface area contributed by atoms with Gasteiger partial charge in [0.1, 0.15) is 0 Å². The molecule has 0 radical (unpaired) electrons. The van der Waals surface area contributed by atoms with E-state index in [1.165, 1.54) is 48.5 Å². The van der Waals surface area contributed by atoms with Gasteiger partial charge in [-0.2, -0.15) is 11.8 Å². The van der Waals surface area contributed by atoms with Crippen LogP contribution in [0.4, 0.5) is 5.69 Å². The number of nitrogens with one attached hydrogen (secondary N) is 1. The first-order valence-corrected chi connectivity index (χ1v) is 8.47. The Morgan fingerprint density at radius 3 is 2.89 bits per heavy atom. The maximum atomic E-state index is 3.59. The van der Waals surface area contributed by atoms with Crippen LogP contribution in [0.15, 0.2) is 18.2 Å². The monoisotopic (exact) mass is 276 g/mol. The van der Waals surface area contributed by atoms with Crippen LogP contribution in [0.1, 0.15) is 30.9 Å². The fourth-order valence-corrected chi connectivity index (χ4v) is 3.78. The van der Waals surface area contributed by atoms with Crippen molar-refractivity contribution in [1.82, 2.24) is 5.32 Å². The van der Waals surface area contributed by atoms with Crippen molar-refractivity contribution >= 4 is 17.4 Å². The Labute approximate surface area is 121 Å². The smallest absolute Gasteiger partial charge is 0.0396 e. The molecule has 1 aromatic rings. The SMILES string of the molecule is Cc1cc(CNC2CC2)ccc1N1CCSC(C)C1. The predicted molar refractivity (Wildman–Crippen MR) is 85.2 cm³/mol. The Balaban J connectivity index is 1.67. The zero-order chi connectivity index (χ0) is 13.2. The van der Waals surface area contributed by atoms with Crippen molar-refractivity contribution in [3.05, 3.63) is 29.3 Å². The lowest BCUT2D eigenvalue weighted by molar-refractivity contribution is 0.687. The number of rotatable bonds is 4. The summed E-state index contributed by atoms with van der Waals surface area (Å²) in [5.41, 5.74) is 4.28. The molecular formula is C16H24N2S. The average molecular weight is 276 g/mol. The van der Waals surface area contributed by atoms with E-state index in [0.717, 1.165) is 17.8 Å². The number of benzene rings is 1. The lowest BCUT2D eigenvalue weighted by Gasteiger charge is -2.33. The molecule has 3 rings (SSSR count). The minimum absolute atomic E-state index is 0.754. The molecule has 0 bridgehead atoms. The number of hydrogen-bond acceptors (Lipinski definition) is 3. The summed E-state index contributed by atoms with van der Waals surface area (Å²) in [6.45, 7) is 7.99. The highest BCUT2D eigenvalue weighted by atomic mass is 32.2. The molecule has 1 N–H and O–H groups in total. The van der Waals surface area contributed by atoms with Gasteiger partial charge in [0.2, 0.25) is 0 Å². The number of aryl methyl sites for hydroxylation is 1. The van der Waals surface area contributed by atoms with Crippen LogP contribution in [-0.2, 0) is 6.54 Å². The largest absolute Gasteiger partial charge is 0.369 e. The number of nitrogens with zero attached hydrogens (tertiary/aromatic N) is 1. The summed E-state index contributed by atoms with van der Waals surface area (Å²) in [5.74, 6) is 1.26. The van der Waals surface area contributed by atoms with Crippen LogP contribution in [0.25, 0.3) is 0 Å². The second kappa shape index (κ2) is 5.76. The van der Waals surface area contributed by atoms with Gasteiger partial charge < -0.3 is 10.2 Å². The summed E-state index contributed by atoms with van der Waals surface area (Å²) in [4.78, 5) is 2.55. The minimum Gasteiger partial charge on any atom is -0.369 e. The van der Waals surface area contributed by atoms with E-state index in [1.807, 2.05) is 0 Å². The van der Waals surface area contributed by atoms with Crippen LogP contribution in [-0.4, -0.2) is 30.1 Å². The maximum absolute atomic E-state index is 3.59. The molecule has 1 aliphatic carbocycles. The van der Waals surface area contributed by atoms with Gasteiger partial charge >= 0.3 is 0 Å². The number of hydrogen-bond donors (Lipinski definition) is 1. The molecule has 0 aromatic heterocycles. The van der Waals surface area contributed by atoms with Crippen LogP contribution in [0.5, 0.6) is 0 Å². The number of thioether (sulfide) groups is 1. The molecule has 1 unspecified atom stereocenters. The summed E-state index contributed by atoms with van der Waals surface area (Å²) >= 11 is 2.09. The maximum Gasteiger partial charge on any atom is 0.0396 e. The van der Waals surface area contributed by atoms with Crippen LogP contribution < -0.4 is 10.2 Å². The Bertz CT molecular complexity index is 442. The third-order valence-corrected chi connectivity index (χ3v) is 5.15. The van der Waals surface area contributed by atoms with Gasteiger partial charge in [0, 0.05) is 42.4 Å². The van der Waals surface area contributed by atoms with Crippen molar-refractivity contribution in [2.45, 2.75) is 44.5 Å². The highest BCUT2D eigenvalue weighted by molar-refractivity contribution is 8.00. The van der Waals surface area contributed by atoms with Crippen molar-refractivity contribution in [1.29, 1.82) is 0 Å². The van der Waals surface area contributed by atoms with E-state index in [2.05, 4.69) is 54.0 Å². The van der Waals surface area contributed by atoms with E-state index in [-0.39, 0.29) is 0 Å². The first kappa shape index (κ1) is 13.3. The van der Waals surface area contributed by atoms with Crippen molar-refractivity contribution < 1.29 is 0 Å². The molecular weight excluding hydrogens is 252 g/mol. The molecule has 19 heavy (non-hydrogen) atoms. The second-order valence-electron chi connectivity index (χ2n) is 5.90. The Hall–Kier alpha value is -0.670. The first-order valence-electron chi connectivity index (χ1n) is 7.42. The Kier molecular flexibility index (Phi) is 4.04. The van der Waals surface area contributed by atoms with Gasteiger partial charge in [0.05, 0.1) is 0 Å². The summed E-state index contributed by atoms with van der Waals surface area (Å²) < 4.78 is 0. The normalized spacial score (nSPS) is 23.7. The highest BCUT2D eigenvalue weighted by Gasteiger charge is 2.21. The van der Waals surface area contributed by atoms with E-state index in [4.69, 9.17) is 0 Å². The number of anilines is 1. The molecule has 1 heterocycles. The molecule has 0 amide bonds. The molecule has 2 nitrogen and oxygen atoms in total. The van der Waals surface area contributed by atoms with E-state index >= 15 is 0 Å². The summed E-state index contributed by atoms with van der Waals surface area (Å²) in [5, 5.41) is 4.34. The molecule has 0 spiro atoms. The second-order valence-corrected chi connectivity index (χ2v) is 7.45. The van der Waals surface area contributed by atoms with Gasteiger partial charge in [0.25, 0.3) is 0 Å². The molecule has 1 aromatic carbocycles. The van der Waals surface area contributed by atoms with E-state index in [9.17, 15) is 0 Å². The van der Waals surface area contributed by atoms with Gasteiger partial charge in [-0.25, -0.2) is 0 Å². The predicted octanol–water partition coefficient (Wildman–Crippen LogP) is 3.19. The minimum atomic E-state index is 0.754. The van der Waals surface area contributed by atoms with E-state index < -0.39 is 0 Å². The lowest BCUT2D eigenvalue weighted by Crippen LogP contribution is -2.37. The third-order valence-electron chi connectivity index (χ3n) is 4.02. The van der Waals surface area contributed by atoms with Gasteiger partial charge in [-0.05, 0) is 37.0 Å². The zero-order valence-corrected chi connectivity index (χ0v) is 12.8. The van der Waals surface area contributed by atoms with E-state index in [1.54, 1.807) is 0 Å². The molecule has 1 atom stereocenters. The Morgan fingerprint density at radius 1 is 1.37 bits per heavy atom. The van der Waals surface area contributed by atoms with Gasteiger partial charge in [-0.1, -0.05) is 19.1 Å². The van der Waals surface area contributed by atoms with Crippen molar-refractivity contribution in [3.8, 4) is 0 Å². The van der Waals surface area contributed by atoms with Crippen molar-refractivity contribution in [2.24, 2.45) is 0 Å². The summed E-state index contributed by atoms with van der Waals surface area (Å²) in [7, 11) is 0. The van der Waals surface area contributed by atoms with Crippen LogP contribution in [0.2, 0.25) is 0 Å². The highest BCUT2D eigenvalue weighted by Crippen LogP contribution is 2.27. The first-order chi connectivity index (χ1) is 9.22. The van der Waals surface area contributed by atoms with Gasteiger partial charge in [-0.15, -0.1) is 0 Å². The van der Waals surface area contributed by atoms with Gasteiger partial charge in [0.15, 0.2) is 0 Å². The zero-order valence-electron chi connectivity index (χ0n) is 12.0. The van der Waals surface area contributed by atoms with Crippen molar-refractivity contribution in [2.75, 3.05) is 23.7 Å². The molecule has 2 fully saturated rings. The van der Waals surface area contributed by atoms with Crippen molar-refractivity contribution in [3.63, 3.8) is 0 Å². The quantitative estimate of drug-likeness (QED) is 0.909. The average Bonchev–Trinajstić information content (AvgIpc) is 3.20. The van der Waals surface area contributed by atoms with Crippen LogP contribution >= 0.6 is 11.8 Å². The van der Waals surface area contributed by atoms with Crippen LogP contribution in [0.3, 0.4) is 0 Å². The molecule has 3 heteroatoms. The Morgan fingerprint density at radius 2 is 2.21 bits per heavy atom. The summed E-state index contributed by atoms with van der Waals surface area (Å²) in [6, 6.07) is 7.77. The third kappa shape index (κ3) is 3.46. The van der Waals surface area contributed by atoms with Crippen LogP contribution in [0, 0.1) is 6.92 Å². The molecule has 1 saturated carbocycles.